The maximum atomic E-state index is 12.5. The number of amides is 1. The second kappa shape index (κ2) is 8.06. The fourth-order valence-corrected chi connectivity index (χ4v) is 3.36. The van der Waals surface area contributed by atoms with Crippen molar-refractivity contribution in [2.75, 3.05) is 6.61 Å². The molecule has 0 aromatic heterocycles. The summed E-state index contributed by atoms with van der Waals surface area (Å²) in [6, 6.07) is 17.6. The summed E-state index contributed by atoms with van der Waals surface area (Å²) < 4.78 is 11.4. The molecule has 3 rings (SSSR count). The van der Waals surface area contributed by atoms with Crippen LogP contribution in [0.1, 0.15) is 33.1 Å². The van der Waals surface area contributed by atoms with E-state index >= 15 is 0 Å². The average Bonchev–Trinajstić information content (AvgIpc) is 2.62. The summed E-state index contributed by atoms with van der Waals surface area (Å²) in [5.74, 6) is 2.26. The molecule has 0 radical (unpaired) electrons. The van der Waals surface area contributed by atoms with E-state index in [1.807, 2.05) is 59.5 Å². The number of para-hydroxylation sites is 1. The summed E-state index contributed by atoms with van der Waals surface area (Å²) in [4.78, 5) is 14.4. The van der Waals surface area contributed by atoms with Gasteiger partial charge in [-0.3, -0.25) is 4.79 Å². The Bertz CT molecular complexity index is 674. The molecule has 0 aliphatic carbocycles. The standard InChI is InChI=1S/C21H25NO3/c1-16-7-6-8-17(2)22(16)21(23)15-24-18-11-13-20(14-12-18)25-19-9-4-3-5-10-19/h3-5,9-14,16-17H,6-8,15H2,1-2H3/t16-,17-/m0/s1. The molecule has 1 heterocycles. The highest BCUT2D eigenvalue weighted by molar-refractivity contribution is 5.78. The Morgan fingerprint density at radius 3 is 2.12 bits per heavy atom. The van der Waals surface area contributed by atoms with Gasteiger partial charge >= 0.3 is 0 Å². The summed E-state index contributed by atoms with van der Waals surface area (Å²) in [5, 5.41) is 0. The second-order valence-corrected chi connectivity index (χ2v) is 6.61. The summed E-state index contributed by atoms with van der Waals surface area (Å²) in [6.45, 7) is 4.31. The van der Waals surface area contributed by atoms with Gasteiger partial charge in [0.2, 0.25) is 0 Å². The maximum absolute atomic E-state index is 12.5. The Morgan fingerprint density at radius 1 is 0.920 bits per heavy atom. The van der Waals surface area contributed by atoms with Gasteiger partial charge in [-0.1, -0.05) is 18.2 Å². The molecule has 0 bridgehead atoms. The molecule has 1 fully saturated rings. The first-order valence-electron chi connectivity index (χ1n) is 8.90. The molecule has 1 amide bonds. The van der Waals surface area contributed by atoms with E-state index in [4.69, 9.17) is 9.47 Å². The molecule has 2 aromatic carbocycles. The number of hydrogen-bond donors (Lipinski definition) is 0. The normalized spacial score (nSPS) is 20.2. The van der Waals surface area contributed by atoms with Gasteiger partial charge in [0.15, 0.2) is 6.61 Å². The quantitative estimate of drug-likeness (QED) is 0.796. The number of nitrogens with zero attached hydrogens (tertiary/aromatic N) is 1. The van der Waals surface area contributed by atoms with Crippen LogP contribution in [0.2, 0.25) is 0 Å². The third kappa shape index (κ3) is 4.53. The molecule has 0 spiro atoms. The lowest BCUT2D eigenvalue weighted by molar-refractivity contribution is -0.139. The minimum atomic E-state index is 0.0595. The highest BCUT2D eigenvalue weighted by Crippen LogP contribution is 2.25. The predicted molar refractivity (Wildman–Crippen MR) is 98.1 cm³/mol. The summed E-state index contributed by atoms with van der Waals surface area (Å²) in [7, 11) is 0. The van der Waals surface area contributed by atoms with Gasteiger partial charge in [-0.15, -0.1) is 0 Å². The number of carbonyl (C=O) groups excluding carboxylic acids is 1. The molecule has 4 nitrogen and oxygen atoms in total. The highest BCUT2D eigenvalue weighted by atomic mass is 16.5. The Morgan fingerprint density at radius 2 is 1.48 bits per heavy atom. The number of ether oxygens (including phenoxy) is 2. The zero-order valence-corrected chi connectivity index (χ0v) is 14.9. The molecule has 0 N–H and O–H groups in total. The number of piperidine rings is 1. The summed E-state index contributed by atoms with van der Waals surface area (Å²) in [6.07, 6.45) is 3.33. The van der Waals surface area contributed by atoms with E-state index in [2.05, 4.69) is 13.8 Å². The van der Waals surface area contributed by atoms with Gasteiger partial charge in [-0.05, 0) is 69.5 Å². The number of likely N-dealkylation sites (tertiary alicyclic amines) is 1. The SMILES string of the molecule is C[C@H]1CCC[C@H](C)N1C(=O)COc1ccc(Oc2ccccc2)cc1. The van der Waals surface area contributed by atoms with Crippen molar-refractivity contribution >= 4 is 5.91 Å². The largest absolute Gasteiger partial charge is 0.484 e. The van der Waals surface area contributed by atoms with Gasteiger partial charge in [0, 0.05) is 12.1 Å². The number of carbonyl (C=O) groups is 1. The van der Waals surface area contributed by atoms with Crippen molar-refractivity contribution in [3.8, 4) is 17.2 Å². The van der Waals surface area contributed by atoms with Crippen molar-refractivity contribution in [1.29, 1.82) is 0 Å². The van der Waals surface area contributed by atoms with Crippen LogP contribution in [-0.2, 0) is 4.79 Å². The van der Waals surface area contributed by atoms with Crippen LogP contribution in [-0.4, -0.2) is 29.5 Å². The molecule has 0 unspecified atom stereocenters. The first kappa shape index (κ1) is 17.3. The number of benzene rings is 2. The van der Waals surface area contributed by atoms with Gasteiger partial charge in [-0.25, -0.2) is 0 Å². The average molecular weight is 339 g/mol. The van der Waals surface area contributed by atoms with Crippen molar-refractivity contribution in [3.63, 3.8) is 0 Å². The van der Waals surface area contributed by atoms with Gasteiger partial charge in [0.05, 0.1) is 0 Å². The van der Waals surface area contributed by atoms with Crippen LogP contribution in [0.5, 0.6) is 17.2 Å². The Kier molecular flexibility index (Phi) is 5.59. The van der Waals surface area contributed by atoms with Crippen molar-refractivity contribution < 1.29 is 14.3 Å². The third-order valence-electron chi connectivity index (χ3n) is 4.65. The van der Waals surface area contributed by atoms with Crippen LogP contribution in [0.15, 0.2) is 54.6 Å². The fraction of sp³-hybridized carbons (Fsp3) is 0.381. The lowest BCUT2D eigenvalue weighted by Crippen LogP contribution is -2.49. The molecular weight excluding hydrogens is 314 g/mol. The van der Waals surface area contributed by atoms with E-state index in [0.717, 1.165) is 24.3 Å². The smallest absolute Gasteiger partial charge is 0.260 e. The Labute approximate surface area is 149 Å². The van der Waals surface area contributed by atoms with Crippen LogP contribution >= 0.6 is 0 Å². The Hall–Kier alpha value is -2.49. The second-order valence-electron chi connectivity index (χ2n) is 6.61. The number of rotatable bonds is 5. The van der Waals surface area contributed by atoms with Crippen molar-refractivity contribution in [3.05, 3.63) is 54.6 Å². The molecule has 4 heteroatoms. The molecule has 2 atom stereocenters. The third-order valence-corrected chi connectivity index (χ3v) is 4.65. The molecule has 132 valence electrons. The molecule has 1 aliphatic rings. The first-order valence-corrected chi connectivity index (χ1v) is 8.90. The molecular formula is C21H25NO3. The van der Waals surface area contributed by atoms with E-state index in [0.29, 0.717) is 17.8 Å². The molecule has 1 aliphatic heterocycles. The highest BCUT2D eigenvalue weighted by Gasteiger charge is 2.28. The summed E-state index contributed by atoms with van der Waals surface area (Å²) >= 11 is 0. The first-order chi connectivity index (χ1) is 12.1. The lowest BCUT2D eigenvalue weighted by Gasteiger charge is -2.38. The summed E-state index contributed by atoms with van der Waals surface area (Å²) in [5.41, 5.74) is 0. The van der Waals surface area contributed by atoms with E-state index in [9.17, 15) is 4.79 Å². The van der Waals surface area contributed by atoms with E-state index < -0.39 is 0 Å². The zero-order valence-electron chi connectivity index (χ0n) is 14.9. The van der Waals surface area contributed by atoms with Gasteiger partial charge in [0.25, 0.3) is 5.91 Å². The molecule has 25 heavy (non-hydrogen) atoms. The topological polar surface area (TPSA) is 38.8 Å². The number of hydrogen-bond acceptors (Lipinski definition) is 3. The van der Waals surface area contributed by atoms with Crippen LogP contribution in [0.4, 0.5) is 0 Å². The van der Waals surface area contributed by atoms with Crippen molar-refractivity contribution in [2.45, 2.75) is 45.2 Å². The molecule has 2 aromatic rings. The maximum Gasteiger partial charge on any atom is 0.260 e. The van der Waals surface area contributed by atoms with E-state index in [-0.39, 0.29) is 12.5 Å². The van der Waals surface area contributed by atoms with Gasteiger partial charge < -0.3 is 14.4 Å². The van der Waals surface area contributed by atoms with Crippen molar-refractivity contribution in [2.24, 2.45) is 0 Å². The minimum absolute atomic E-state index is 0.0595. The zero-order chi connectivity index (χ0) is 17.6. The van der Waals surface area contributed by atoms with E-state index in [1.54, 1.807) is 0 Å². The minimum Gasteiger partial charge on any atom is -0.484 e. The predicted octanol–water partition coefficient (Wildman–Crippen LogP) is 4.65. The van der Waals surface area contributed by atoms with Crippen LogP contribution < -0.4 is 9.47 Å². The van der Waals surface area contributed by atoms with Gasteiger partial charge in [0.1, 0.15) is 17.2 Å². The fourth-order valence-electron chi connectivity index (χ4n) is 3.36. The lowest BCUT2D eigenvalue weighted by atomic mass is 9.97. The van der Waals surface area contributed by atoms with Crippen LogP contribution in [0.25, 0.3) is 0 Å². The van der Waals surface area contributed by atoms with Crippen LogP contribution in [0, 0.1) is 0 Å². The Balaban J connectivity index is 1.54. The van der Waals surface area contributed by atoms with E-state index in [1.165, 1.54) is 6.42 Å². The van der Waals surface area contributed by atoms with Gasteiger partial charge in [-0.2, -0.15) is 0 Å². The monoisotopic (exact) mass is 339 g/mol. The van der Waals surface area contributed by atoms with Crippen LogP contribution in [0.3, 0.4) is 0 Å². The van der Waals surface area contributed by atoms with Crippen molar-refractivity contribution in [1.82, 2.24) is 4.90 Å². The molecule has 0 saturated carbocycles. The molecule has 1 saturated heterocycles.